The molecule has 1 aromatic rings. The summed E-state index contributed by atoms with van der Waals surface area (Å²) in [6.07, 6.45) is -0.829. The fraction of sp³-hybridized carbons (Fsp3) is 0.278. The number of aliphatic carboxylic acids is 1. The van der Waals surface area contributed by atoms with Crippen molar-refractivity contribution in [2.75, 3.05) is 6.54 Å². The molecule has 1 rings (SSSR count). The highest BCUT2D eigenvalue weighted by atomic mass is 16.5. The van der Waals surface area contributed by atoms with Crippen molar-refractivity contribution in [3.8, 4) is 0 Å². The number of carbonyl (C=O) groups excluding carboxylic acids is 4. The lowest BCUT2D eigenvalue weighted by molar-refractivity contribution is -0.141. The molecule has 0 aliphatic carbocycles. The van der Waals surface area contributed by atoms with Gasteiger partial charge >= 0.3 is 12.1 Å². The van der Waals surface area contributed by atoms with Gasteiger partial charge in [-0.3, -0.25) is 14.4 Å². The number of nitrogens with two attached hydrogens (primary N) is 1. The first-order chi connectivity index (χ1) is 13.6. The van der Waals surface area contributed by atoms with E-state index in [0.29, 0.717) is 0 Å². The maximum absolute atomic E-state index is 11.9. The molecule has 0 aromatic heterocycles. The smallest absolute Gasteiger partial charge is 0.408 e. The van der Waals surface area contributed by atoms with E-state index in [2.05, 4.69) is 17.2 Å². The zero-order chi connectivity index (χ0) is 22.0. The summed E-state index contributed by atoms with van der Waals surface area (Å²) in [6.45, 7) is 3.99. The first kappa shape index (κ1) is 23.1. The molecule has 0 aliphatic rings. The van der Waals surface area contributed by atoms with Crippen LogP contribution >= 0.6 is 0 Å². The van der Waals surface area contributed by atoms with Crippen molar-refractivity contribution < 1.29 is 33.8 Å². The molecule has 0 spiro atoms. The van der Waals surface area contributed by atoms with E-state index in [4.69, 9.17) is 15.6 Å². The van der Waals surface area contributed by atoms with E-state index >= 15 is 0 Å². The number of rotatable bonds is 10. The van der Waals surface area contributed by atoms with Gasteiger partial charge in [-0.1, -0.05) is 36.9 Å². The Labute approximate surface area is 166 Å². The Balaban J connectivity index is 2.42. The number of nitrogens with one attached hydrogen (secondary N) is 3. The maximum Gasteiger partial charge on any atom is 0.408 e. The topological polar surface area (TPSA) is 177 Å². The molecule has 0 bridgehead atoms. The standard InChI is InChI=1S/C18H22N4O7/c1-10(15(19)24)14(17(26)27)22-13(23)8-20-16(25)11(2)21-18(28)29-9-12-6-4-3-5-7-12/h3-7,11,14H,1,8-9H2,2H3,(H2,19,24)(H,20,25)(H,21,28)(H,22,23)(H,26,27)/t11-,14-/m0/s1. The molecule has 0 saturated heterocycles. The van der Waals surface area contributed by atoms with E-state index in [0.717, 1.165) is 5.56 Å². The van der Waals surface area contributed by atoms with Gasteiger partial charge in [0.15, 0.2) is 6.04 Å². The minimum Gasteiger partial charge on any atom is -0.479 e. The van der Waals surface area contributed by atoms with Crippen LogP contribution in [0.15, 0.2) is 42.5 Å². The third kappa shape index (κ3) is 8.12. The molecular weight excluding hydrogens is 384 g/mol. The molecule has 0 radical (unpaired) electrons. The van der Waals surface area contributed by atoms with E-state index in [1.54, 1.807) is 24.3 Å². The summed E-state index contributed by atoms with van der Waals surface area (Å²) in [6, 6.07) is 6.16. The summed E-state index contributed by atoms with van der Waals surface area (Å²) in [4.78, 5) is 57.6. The molecule has 0 unspecified atom stereocenters. The van der Waals surface area contributed by atoms with Crippen LogP contribution in [0, 0.1) is 0 Å². The van der Waals surface area contributed by atoms with Crippen molar-refractivity contribution >= 4 is 29.8 Å². The lowest BCUT2D eigenvalue weighted by atomic mass is 10.1. The summed E-state index contributed by atoms with van der Waals surface area (Å²) < 4.78 is 4.97. The van der Waals surface area contributed by atoms with Crippen LogP contribution < -0.4 is 21.7 Å². The predicted molar refractivity (Wildman–Crippen MR) is 100 cm³/mol. The average molecular weight is 406 g/mol. The predicted octanol–water partition coefficient (Wildman–Crippen LogP) is -0.972. The third-order valence-electron chi connectivity index (χ3n) is 3.58. The first-order valence-corrected chi connectivity index (χ1v) is 8.37. The lowest BCUT2D eigenvalue weighted by Crippen LogP contribution is -2.51. The van der Waals surface area contributed by atoms with Crippen LogP contribution in [0.2, 0.25) is 0 Å². The quantitative estimate of drug-likeness (QED) is 0.310. The number of carboxylic acid groups (broad SMARTS) is 1. The number of ether oxygens (including phenoxy) is 1. The zero-order valence-corrected chi connectivity index (χ0v) is 15.6. The van der Waals surface area contributed by atoms with Gasteiger partial charge < -0.3 is 31.5 Å². The first-order valence-electron chi connectivity index (χ1n) is 8.37. The summed E-state index contributed by atoms with van der Waals surface area (Å²) in [7, 11) is 0. The monoisotopic (exact) mass is 406 g/mol. The fourth-order valence-electron chi connectivity index (χ4n) is 1.98. The molecule has 0 heterocycles. The number of hydrogen-bond donors (Lipinski definition) is 5. The van der Waals surface area contributed by atoms with Crippen molar-refractivity contribution in [3.63, 3.8) is 0 Å². The van der Waals surface area contributed by atoms with Gasteiger partial charge in [-0.15, -0.1) is 0 Å². The van der Waals surface area contributed by atoms with E-state index in [1.807, 2.05) is 11.4 Å². The molecule has 0 aliphatic heterocycles. The molecule has 11 heteroatoms. The Morgan fingerprint density at radius 3 is 2.31 bits per heavy atom. The molecule has 156 valence electrons. The second kappa shape index (κ2) is 11.1. The number of alkyl carbamates (subject to hydrolysis) is 1. The normalized spacial score (nSPS) is 12.0. The maximum atomic E-state index is 11.9. The van der Waals surface area contributed by atoms with Gasteiger partial charge in [0, 0.05) is 5.57 Å². The van der Waals surface area contributed by atoms with Gasteiger partial charge in [0.05, 0.1) is 6.54 Å². The summed E-state index contributed by atoms with van der Waals surface area (Å²) in [5.41, 5.74) is 5.19. The number of amides is 4. The van der Waals surface area contributed by atoms with Crippen LogP contribution in [0.4, 0.5) is 4.79 Å². The molecule has 29 heavy (non-hydrogen) atoms. The van der Waals surface area contributed by atoms with Crippen molar-refractivity contribution in [1.82, 2.24) is 16.0 Å². The highest BCUT2D eigenvalue weighted by Gasteiger charge is 2.26. The number of carboxylic acids is 1. The van der Waals surface area contributed by atoms with Crippen LogP contribution in [0.3, 0.4) is 0 Å². The molecular formula is C18H22N4O7. The largest absolute Gasteiger partial charge is 0.479 e. The third-order valence-corrected chi connectivity index (χ3v) is 3.58. The van der Waals surface area contributed by atoms with E-state index in [1.165, 1.54) is 6.92 Å². The molecule has 11 nitrogen and oxygen atoms in total. The summed E-state index contributed by atoms with van der Waals surface area (Å²) >= 11 is 0. The van der Waals surface area contributed by atoms with E-state index < -0.39 is 54.0 Å². The number of benzene rings is 1. The van der Waals surface area contributed by atoms with Crippen molar-refractivity contribution in [1.29, 1.82) is 0 Å². The fourth-order valence-corrected chi connectivity index (χ4v) is 1.98. The average Bonchev–Trinajstić information content (AvgIpc) is 2.68. The second-order valence-electron chi connectivity index (χ2n) is 5.87. The molecule has 2 atom stereocenters. The SMILES string of the molecule is C=C(C(N)=O)[C@H](NC(=O)CNC(=O)[C@H](C)NC(=O)OCc1ccccc1)C(=O)O. The molecule has 6 N–H and O–H groups in total. The van der Waals surface area contributed by atoms with Crippen LogP contribution in [0.25, 0.3) is 0 Å². The van der Waals surface area contributed by atoms with Crippen molar-refractivity contribution in [2.45, 2.75) is 25.6 Å². The Hall–Kier alpha value is -3.89. The van der Waals surface area contributed by atoms with Gasteiger partial charge in [0.2, 0.25) is 17.7 Å². The minimum atomic E-state index is -1.72. The van der Waals surface area contributed by atoms with E-state index in [9.17, 15) is 24.0 Å². The van der Waals surface area contributed by atoms with Gasteiger partial charge in [-0.2, -0.15) is 0 Å². The van der Waals surface area contributed by atoms with Crippen molar-refractivity contribution in [3.05, 3.63) is 48.0 Å². The van der Waals surface area contributed by atoms with Gasteiger partial charge in [0.25, 0.3) is 0 Å². The molecule has 0 saturated carbocycles. The minimum absolute atomic E-state index is 0.0176. The Morgan fingerprint density at radius 2 is 1.76 bits per heavy atom. The van der Waals surface area contributed by atoms with Crippen LogP contribution in [-0.2, 0) is 30.5 Å². The summed E-state index contributed by atoms with van der Waals surface area (Å²) in [5, 5.41) is 15.5. The molecule has 4 amide bonds. The number of primary amides is 1. The Morgan fingerprint density at radius 1 is 1.14 bits per heavy atom. The number of carbonyl (C=O) groups is 5. The van der Waals surface area contributed by atoms with Gasteiger partial charge in [-0.05, 0) is 12.5 Å². The highest BCUT2D eigenvalue weighted by molar-refractivity contribution is 6.01. The van der Waals surface area contributed by atoms with Crippen LogP contribution in [0.5, 0.6) is 0 Å². The lowest BCUT2D eigenvalue weighted by Gasteiger charge is -2.17. The van der Waals surface area contributed by atoms with Crippen LogP contribution in [-0.4, -0.2) is 53.5 Å². The number of hydrogen-bond acceptors (Lipinski definition) is 6. The van der Waals surface area contributed by atoms with Crippen molar-refractivity contribution in [2.24, 2.45) is 5.73 Å². The molecule has 0 fully saturated rings. The van der Waals surface area contributed by atoms with Crippen LogP contribution in [0.1, 0.15) is 12.5 Å². The summed E-state index contributed by atoms with van der Waals surface area (Å²) in [5.74, 6) is -4.23. The van der Waals surface area contributed by atoms with E-state index in [-0.39, 0.29) is 6.61 Å². The Bertz CT molecular complexity index is 795. The van der Waals surface area contributed by atoms with Gasteiger partial charge in [0.1, 0.15) is 12.6 Å². The Kier molecular flexibility index (Phi) is 8.83. The molecule has 1 aromatic carbocycles. The van der Waals surface area contributed by atoms with Gasteiger partial charge in [-0.25, -0.2) is 9.59 Å². The highest BCUT2D eigenvalue weighted by Crippen LogP contribution is 2.01. The second-order valence-corrected chi connectivity index (χ2v) is 5.87. The zero-order valence-electron chi connectivity index (χ0n) is 15.6.